The van der Waals surface area contributed by atoms with Crippen LogP contribution in [0.3, 0.4) is 0 Å². The van der Waals surface area contributed by atoms with E-state index in [1.54, 1.807) is 0 Å². The van der Waals surface area contributed by atoms with Crippen LogP contribution in [0.15, 0.2) is 12.4 Å². The van der Waals surface area contributed by atoms with Crippen LogP contribution in [0.5, 0.6) is 0 Å². The number of aliphatic hydroxyl groups excluding tert-OH is 1. The predicted molar refractivity (Wildman–Crippen MR) is 50.5 cm³/mol. The summed E-state index contributed by atoms with van der Waals surface area (Å²) in [6.45, 7) is 4.51. The standard InChI is InChI=1S/C8H19N3O/c1-7(9)11-5-3-4-8(6-12)10-2/h8,10-12H,1,3-6,9H2,2H3. The van der Waals surface area contributed by atoms with Crippen molar-refractivity contribution in [2.24, 2.45) is 5.73 Å². The molecule has 0 aliphatic heterocycles. The van der Waals surface area contributed by atoms with E-state index in [-0.39, 0.29) is 12.6 Å². The van der Waals surface area contributed by atoms with Crippen LogP contribution in [-0.2, 0) is 0 Å². The van der Waals surface area contributed by atoms with E-state index in [1.807, 2.05) is 7.05 Å². The molecule has 5 N–H and O–H groups in total. The van der Waals surface area contributed by atoms with Gasteiger partial charge in [0.15, 0.2) is 0 Å². The van der Waals surface area contributed by atoms with E-state index in [0.29, 0.717) is 5.82 Å². The Bertz CT molecular complexity index is 123. The third-order valence-electron chi connectivity index (χ3n) is 1.71. The molecule has 0 bridgehead atoms. The van der Waals surface area contributed by atoms with Crippen LogP contribution in [0.25, 0.3) is 0 Å². The third kappa shape index (κ3) is 6.00. The van der Waals surface area contributed by atoms with Crippen LogP contribution in [0.1, 0.15) is 12.8 Å². The molecular formula is C8H19N3O. The highest BCUT2D eigenvalue weighted by atomic mass is 16.3. The first-order chi connectivity index (χ1) is 5.70. The molecule has 4 heteroatoms. The van der Waals surface area contributed by atoms with Crippen LogP contribution in [0.4, 0.5) is 0 Å². The smallest absolute Gasteiger partial charge is 0.0885 e. The first-order valence-electron chi connectivity index (χ1n) is 4.17. The largest absolute Gasteiger partial charge is 0.395 e. The summed E-state index contributed by atoms with van der Waals surface area (Å²) in [4.78, 5) is 0. The molecule has 0 fully saturated rings. The minimum Gasteiger partial charge on any atom is -0.395 e. The number of hydrogen-bond donors (Lipinski definition) is 4. The molecule has 12 heavy (non-hydrogen) atoms. The molecular weight excluding hydrogens is 154 g/mol. The van der Waals surface area contributed by atoms with Crippen molar-refractivity contribution in [1.29, 1.82) is 0 Å². The van der Waals surface area contributed by atoms with Crippen LogP contribution in [-0.4, -0.2) is 31.3 Å². The fraction of sp³-hybridized carbons (Fsp3) is 0.750. The molecule has 1 unspecified atom stereocenters. The van der Waals surface area contributed by atoms with Gasteiger partial charge in [-0.05, 0) is 19.9 Å². The Hall–Kier alpha value is -0.740. The minimum absolute atomic E-state index is 0.181. The van der Waals surface area contributed by atoms with Gasteiger partial charge in [0, 0.05) is 12.6 Å². The van der Waals surface area contributed by atoms with Crippen molar-refractivity contribution in [3.63, 3.8) is 0 Å². The molecule has 0 aliphatic rings. The zero-order chi connectivity index (χ0) is 9.40. The zero-order valence-corrected chi connectivity index (χ0v) is 7.64. The number of nitrogens with one attached hydrogen (secondary N) is 2. The Labute approximate surface area is 73.8 Å². The highest BCUT2D eigenvalue weighted by molar-refractivity contribution is 4.81. The lowest BCUT2D eigenvalue weighted by Crippen LogP contribution is -2.30. The molecule has 4 nitrogen and oxygen atoms in total. The predicted octanol–water partition coefficient (Wildman–Crippen LogP) is -0.634. The third-order valence-corrected chi connectivity index (χ3v) is 1.71. The van der Waals surface area contributed by atoms with E-state index >= 15 is 0 Å². The molecule has 72 valence electrons. The van der Waals surface area contributed by atoms with Crippen LogP contribution < -0.4 is 16.4 Å². The second-order valence-electron chi connectivity index (χ2n) is 2.76. The van der Waals surface area contributed by atoms with Gasteiger partial charge in [-0.3, -0.25) is 0 Å². The van der Waals surface area contributed by atoms with E-state index < -0.39 is 0 Å². The Balaban J connectivity index is 3.23. The zero-order valence-electron chi connectivity index (χ0n) is 7.64. The van der Waals surface area contributed by atoms with Gasteiger partial charge < -0.3 is 21.5 Å². The van der Waals surface area contributed by atoms with Crippen molar-refractivity contribution in [2.75, 3.05) is 20.2 Å². The maximum atomic E-state index is 8.81. The Morgan fingerprint density at radius 2 is 2.33 bits per heavy atom. The van der Waals surface area contributed by atoms with Gasteiger partial charge in [0.05, 0.1) is 12.4 Å². The number of hydrogen-bond acceptors (Lipinski definition) is 4. The van der Waals surface area contributed by atoms with Crippen molar-refractivity contribution in [2.45, 2.75) is 18.9 Å². The molecule has 0 saturated heterocycles. The molecule has 0 heterocycles. The number of aliphatic hydroxyl groups is 1. The van der Waals surface area contributed by atoms with E-state index in [2.05, 4.69) is 17.2 Å². The van der Waals surface area contributed by atoms with Crippen molar-refractivity contribution < 1.29 is 5.11 Å². The summed E-state index contributed by atoms with van der Waals surface area (Å²) in [5.74, 6) is 0.500. The fourth-order valence-corrected chi connectivity index (χ4v) is 0.924. The SMILES string of the molecule is C=C(N)NCCCC(CO)NC. The number of nitrogens with two attached hydrogens (primary N) is 1. The van der Waals surface area contributed by atoms with Gasteiger partial charge in [-0.15, -0.1) is 0 Å². The van der Waals surface area contributed by atoms with Crippen LogP contribution in [0.2, 0.25) is 0 Å². The summed E-state index contributed by atoms with van der Waals surface area (Å²) in [5.41, 5.74) is 5.30. The van der Waals surface area contributed by atoms with Gasteiger partial charge in [0.1, 0.15) is 0 Å². The first kappa shape index (κ1) is 11.3. The molecule has 0 aromatic heterocycles. The molecule has 0 aliphatic carbocycles. The highest BCUT2D eigenvalue weighted by Gasteiger charge is 2.01. The van der Waals surface area contributed by atoms with Gasteiger partial charge in [-0.25, -0.2) is 0 Å². The van der Waals surface area contributed by atoms with Crippen LogP contribution >= 0.6 is 0 Å². The van der Waals surface area contributed by atoms with Crippen molar-refractivity contribution in [3.8, 4) is 0 Å². The molecule has 0 radical (unpaired) electrons. The highest BCUT2D eigenvalue weighted by Crippen LogP contribution is 1.94. The normalized spacial score (nSPS) is 12.5. The lowest BCUT2D eigenvalue weighted by atomic mass is 10.2. The molecule has 0 rings (SSSR count). The lowest BCUT2D eigenvalue weighted by Gasteiger charge is -2.12. The first-order valence-corrected chi connectivity index (χ1v) is 4.17. The Morgan fingerprint density at radius 1 is 1.67 bits per heavy atom. The van der Waals surface area contributed by atoms with Gasteiger partial charge >= 0.3 is 0 Å². The summed E-state index contributed by atoms with van der Waals surface area (Å²) >= 11 is 0. The van der Waals surface area contributed by atoms with Crippen molar-refractivity contribution in [1.82, 2.24) is 10.6 Å². The molecule has 0 aromatic rings. The summed E-state index contributed by atoms with van der Waals surface area (Å²) < 4.78 is 0. The Kier molecular flexibility index (Phi) is 6.51. The average molecular weight is 173 g/mol. The van der Waals surface area contributed by atoms with E-state index in [9.17, 15) is 0 Å². The molecule has 0 amide bonds. The second kappa shape index (κ2) is 6.94. The van der Waals surface area contributed by atoms with E-state index in [0.717, 1.165) is 19.4 Å². The average Bonchev–Trinajstić information content (AvgIpc) is 2.04. The topological polar surface area (TPSA) is 70.3 Å². The molecule has 0 spiro atoms. The summed E-state index contributed by atoms with van der Waals surface area (Å²) in [6.07, 6.45) is 1.91. The Morgan fingerprint density at radius 3 is 2.75 bits per heavy atom. The van der Waals surface area contributed by atoms with Gasteiger partial charge in [-0.1, -0.05) is 6.58 Å². The molecule has 0 aromatic carbocycles. The maximum Gasteiger partial charge on any atom is 0.0885 e. The van der Waals surface area contributed by atoms with Crippen molar-refractivity contribution in [3.05, 3.63) is 12.4 Å². The lowest BCUT2D eigenvalue weighted by molar-refractivity contribution is 0.240. The van der Waals surface area contributed by atoms with E-state index in [4.69, 9.17) is 10.8 Å². The quantitative estimate of drug-likeness (QED) is 0.387. The van der Waals surface area contributed by atoms with Crippen molar-refractivity contribution >= 4 is 0 Å². The fourth-order valence-electron chi connectivity index (χ4n) is 0.924. The van der Waals surface area contributed by atoms with Gasteiger partial charge in [0.2, 0.25) is 0 Å². The number of likely N-dealkylation sites (N-methyl/N-ethyl adjacent to an activating group) is 1. The van der Waals surface area contributed by atoms with Gasteiger partial charge in [0.25, 0.3) is 0 Å². The van der Waals surface area contributed by atoms with Gasteiger partial charge in [-0.2, -0.15) is 0 Å². The molecule has 1 atom stereocenters. The van der Waals surface area contributed by atoms with Crippen LogP contribution in [0, 0.1) is 0 Å². The number of rotatable bonds is 7. The maximum absolute atomic E-state index is 8.81. The summed E-state index contributed by atoms with van der Waals surface area (Å²) in [7, 11) is 1.84. The van der Waals surface area contributed by atoms with E-state index in [1.165, 1.54) is 0 Å². The minimum atomic E-state index is 0.181. The monoisotopic (exact) mass is 173 g/mol. The summed E-state index contributed by atoms with van der Waals surface area (Å²) in [6, 6.07) is 0.192. The summed E-state index contributed by atoms with van der Waals surface area (Å²) in [5, 5.41) is 14.7. The molecule has 0 saturated carbocycles. The second-order valence-corrected chi connectivity index (χ2v) is 2.76.